The number of carboxylic acids is 2. The van der Waals surface area contributed by atoms with Crippen molar-refractivity contribution in [3.8, 4) is 0 Å². The lowest BCUT2D eigenvalue weighted by molar-refractivity contribution is -0.466. The molecule has 0 spiro atoms. The Bertz CT molecular complexity index is 347. The molecule has 22 heavy (non-hydrogen) atoms. The van der Waals surface area contributed by atoms with E-state index in [4.69, 9.17) is 11.5 Å². The number of hydrogen-bond donors (Lipinski definition) is 6. The molecule has 0 bridgehead atoms. The van der Waals surface area contributed by atoms with Crippen LogP contribution < -0.4 is 43.9 Å². The first kappa shape index (κ1) is 22.4. The highest BCUT2D eigenvalue weighted by atomic mass is 16.4. The lowest BCUT2D eigenvalue weighted by Gasteiger charge is -2.07. The quantitative estimate of drug-likeness (QED) is 0.130. The molecule has 0 heterocycles. The average Bonchev–Trinajstić information content (AvgIpc) is 2.43. The Morgan fingerprint density at radius 2 is 1.41 bits per heavy atom. The topological polar surface area (TPSA) is 229 Å². The van der Waals surface area contributed by atoms with E-state index in [1.165, 1.54) is 0 Å². The van der Waals surface area contributed by atoms with Crippen molar-refractivity contribution in [2.75, 3.05) is 13.1 Å². The molecule has 0 aromatic carbocycles. The normalized spacial score (nSPS) is 12.5. The molecule has 0 aliphatic carbocycles. The van der Waals surface area contributed by atoms with Gasteiger partial charge in [-0.2, -0.15) is 0 Å². The lowest BCUT2D eigenvalue weighted by Crippen LogP contribution is -2.78. The van der Waals surface area contributed by atoms with Crippen molar-refractivity contribution in [3.63, 3.8) is 0 Å². The summed E-state index contributed by atoms with van der Waals surface area (Å²) in [5, 5.41) is 20.3. The molecule has 130 valence electrons. The van der Waals surface area contributed by atoms with Gasteiger partial charge >= 0.3 is 5.96 Å². The second-order valence-electron chi connectivity index (χ2n) is 4.91. The fourth-order valence-electron chi connectivity index (χ4n) is 1.38. The molecule has 10 heteroatoms. The molecule has 0 saturated heterocycles. The number of unbranched alkanes of at least 4 members (excludes halogenated alkanes) is 1. The number of nitrogens with one attached hydrogen (secondary N) is 1. The summed E-state index contributed by atoms with van der Waals surface area (Å²) in [5.74, 6) is -2.03. The third-order valence-corrected chi connectivity index (χ3v) is 2.78. The maximum atomic E-state index is 10.2. The number of guanidine groups is 1. The van der Waals surface area contributed by atoms with Crippen molar-refractivity contribution in [1.29, 1.82) is 0 Å². The second-order valence-corrected chi connectivity index (χ2v) is 4.91. The van der Waals surface area contributed by atoms with Gasteiger partial charge in [0, 0.05) is 12.8 Å². The van der Waals surface area contributed by atoms with Gasteiger partial charge in [-0.15, -0.1) is 0 Å². The molecular formula is C12H30N6O4+2. The lowest BCUT2D eigenvalue weighted by atomic mass is 10.1. The summed E-state index contributed by atoms with van der Waals surface area (Å²) in [6, 6.07) is -1.21. The predicted molar refractivity (Wildman–Crippen MR) is 73.4 cm³/mol. The van der Waals surface area contributed by atoms with Crippen LogP contribution in [0, 0.1) is 0 Å². The van der Waals surface area contributed by atoms with Crippen molar-refractivity contribution >= 4 is 17.9 Å². The SMILES string of the molecule is NC(N)=[NH+]CCCC([NH3+])C(=O)[O-].[NH3+]CCCCC([NH3+])C(=O)[O-]. The Morgan fingerprint density at radius 3 is 1.77 bits per heavy atom. The monoisotopic (exact) mass is 322 g/mol. The number of carbonyl (C=O) groups is 2. The van der Waals surface area contributed by atoms with Gasteiger partial charge in [0.25, 0.3) is 0 Å². The summed E-state index contributed by atoms with van der Waals surface area (Å²) in [4.78, 5) is 23.0. The maximum Gasteiger partial charge on any atom is 0.338 e. The Morgan fingerprint density at radius 1 is 0.955 bits per heavy atom. The molecule has 0 aliphatic rings. The Balaban J connectivity index is 0. The number of nitrogens with two attached hydrogens (primary N) is 2. The number of rotatable bonds is 10. The van der Waals surface area contributed by atoms with Gasteiger partial charge in [0.05, 0.1) is 25.0 Å². The van der Waals surface area contributed by atoms with E-state index in [1.807, 2.05) is 0 Å². The summed E-state index contributed by atoms with van der Waals surface area (Å²) >= 11 is 0. The van der Waals surface area contributed by atoms with Crippen molar-refractivity contribution in [1.82, 2.24) is 0 Å². The molecule has 14 N–H and O–H groups in total. The third kappa shape index (κ3) is 16.1. The predicted octanol–water partition coefficient (Wildman–Crippen LogP) is -8.76. The van der Waals surface area contributed by atoms with E-state index in [1.54, 1.807) is 0 Å². The van der Waals surface area contributed by atoms with E-state index < -0.39 is 24.0 Å². The van der Waals surface area contributed by atoms with E-state index in [9.17, 15) is 19.8 Å². The van der Waals surface area contributed by atoms with Crippen LogP contribution in [0.5, 0.6) is 0 Å². The van der Waals surface area contributed by atoms with Crippen LogP contribution in [0.2, 0.25) is 0 Å². The van der Waals surface area contributed by atoms with Crippen LogP contribution in [0.15, 0.2) is 0 Å². The largest absolute Gasteiger partial charge is 0.544 e. The van der Waals surface area contributed by atoms with Gasteiger partial charge in [0.2, 0.25) is 0 Å². The van der Waals surface area contributed by atoms with E-state index in [-0.39, 0.29) is 5.96 Å². The van der Waals surface area contributed by atoms with Crippen molar-refractivity contribution in [2.45, 2.75) is 44.2 Å². The van der Waals surface area contributed by atoms with Crippen LogP contribution in [0.1, 0.15) is 32.1 Å². The molecule has 2 atom stereocenters. The smallest absolute Gasteiger partial charge is 0.338 e. The Hall–Kier alpha value is -1.91. The second kappa shape index (κ2) is 14.0. The minimum absolute atomic E-state index is 0.143. The molecule has 0 aromatic rings. The van der Waals surface area contributed by atoms with Crippen LogP contribution in [0.3, 0.4) is 0 Å². The summed E-state index contributed by atoms with van der Waals surface area (Å²) in [6.45, 7) is 1.42. The maximum absolute atomic E-state index is 10.2. The van der Waals surface area contributed by atoms with Gasteiger partial charge in [-0.3, -0.25) is 16.5 Å². The first-order valence-corrected chi connectivity index (χ1v) is 7.21. The van der Waals surface area contributed by atoms with Crippen LogP contribution in [-0.4, -0.2) is 43.1 Å². The molecule has 0 aromatic heterocycles. The summed E-state index contributed by atoms with van der Waals surface area (Å²) in [5.41, 5.74) is 20.7. The first-order valence-electron chi connectivity index (χ1n) is 7.21. The molecular weight excluding hydrogens is 292 g/mol. The number of carboxylic acid groups (broad SMARTS) is 2. The van der Waals surface area contributed by atoms with E-state index in [0.717, 1.165) is 19.4 Å². The van der Waals surface area contributed by atoms with Gasteiger partial charge in [0.1, 0.15) is 12.1 Å². The van der Waals surface area contributed by atoms with E-state index in [2.05, 4.69) is 22.2 Å². The molecule has 0 amide bonds. The third-order valence-electron chi connectivity index (χ3n) is 2.78. The summed E-state index contributed by atoms with van der Waals surface area (Å²) in [7, 11) is 0. The summed E-state index contributed by atoms with van der Waals surface area (Å²) < 4.78 is 0. The number of quaternary nitrogens is 3. The molecule has 10 nitrogen and oxygen atoms in total. The van der Waals surface area contributed by atoms with Crippen LogP contribution in [0.25, 0.3) is 0 Å². The molecule has 0 aliphatic heterocycles. The summed E-state index contributed by atoms with van der Waals surface area (Å²) in [6.07, 6.45) is 3.57. The van der Waals surface area contributed by atoms with Gasteiger partial charge in [-0.25, -0.2) is 0 Å². The van der Waals surface area contributed by atoms with Gasteiger partial charge < -0.3 is 37.0 Å². The van der Waals surface area contributed by atoms with Crippen molar-refractivity contribution in [3.05, 3.63) is 0 Å². The number of aliphatic carboxylic acids is 2. The molecule has 0 fully saturated rings. The average molecular weight is 322 g/mol. The van der Waals surface area contributed by atoms with Gasteiger partial charge in [-0.05, 0) is 19.3 Å². The van der Waals surface area contributed by atoms with Crippen LogP contribution in [0.4, 0.5) is 0 Å². The van der Waals surface area contributed by atoms with Crippen LogP contribution >= 0.6 is 0 Å². The number of carbonyl (C=O) groups excluding carboxylic acids is 2. The molecule has 2 unspecified atom stereocenters. The van der Waals surface area contributed by atoms with Crippen molar-refractivity contribution in [2.24, 2.45) is 11.5 Å². The Kier molecular flexibility index (Phi) is 14.3. The minimum Gasteiger partial charge on any atom is -0.544 e. The van der Waals surface area contributed by atoms with E-state index in [0.29, 0.717) is 25.8 Å². The highest BCUT2D eigenvalue weighted by molar-refractivity contribution is 5.69. The fraction of sp³-hybridized carbons (Fsp3) is 0.750. The molecule has 0 saturated carbocycles. The first-order chi connectivity index (χ1) is 10.2. The van der Waals surface area contributed by atoms with Gasteiger partial charge in [-0.1, -0.05) is 0 Å². The van der Waals surface area contributed by atoms with Crippen molar-refractivity contribution < 1.29 is 42.0 Å². The molecule has 0 rings (SSSR count). The Labute approximate surface area is 129 Å². The highest BCUT2D eigenvalue weighted by Crippen LogP contribution is 1.94. The van der Waals surface area contributed by atoms with E-state index >= 15 is 0 Å². The highest BCUT2D eigenvalue weighted by Gasteiger charge is 2.06. The zero-order valence-electron chi connectivity index (χ0n) is 13.0. The standard InChI is InChI=1S/C6H14N4O2.C6H14N2O2/c7-4(5(11)12)2-1-3-10-6(8)9;7-4-2-1-3-5(8)6(9)10/h4H,1-3,7H2,(H,11,12)(H4,8,9,10);5H,1-4,7-8H2,(H,9,10)/p+2. The minimum atomic E-state index is -1.13. The zero-order valence-corrected chi connectivity index (χ0v) is 13.0. The zero-order chi connectivity index (χ0) is 17.5. The van der Waals surface area contributed by atoms with Crippen LogP contribution in [-0.2, 0) is 9.59 Å². The number of hydrogen-bond acceptors (Lipinski definition) is 4. The fourth-order valence-corrected chi connectivity index (χ4v) is 1.38. The molecule has 0 radical (unpaired) electrons. The van der Waals surface area contributed by atoms with Gasteiger partial charge in [0.15, 0.2) is 0 Å².